The second-order valence-electron chi connectivity index (χ2n) is 4.06. The molecule has 1 aromatic heterocycles. The summed E-state index contributed by atoms with van der Waals surface area (Å²) >= 11 is 6.44. The molecule has 0 aliphatic carbocycles. The molecule has 1 aromatic carbocycles. The third-order valence-electron chi connectivity index (χ3n) is 2.58. The lowest BCUT2D eigenvalue weighted by molar-refractivity contribution is 0.601. The highest BCUT2D eigenvalue weighted by molar-refractivity contribution is 9.10. The zero-order valence-electron chi connectivity index (χ0n) is 10.4. The molecule has 0 radical (unpaired) electrons. The van der Waals surface area contributed by atoms with Crippen molar-refractivity contribution in [3.05, 3.63) is 45.1 Å². The number of benzene rings is 1. The summed E-state index contributed by atoms with van der Waals surface area (Å²) in [6, 6.07) is 7.76. The van der Waals surface area contributed by atoms with Gasteiger partial charge in [-0.3, -0.25) is 4.72 Å². The van der Waals surface area contributed by atoms with Gasteiger partial charge in [0, 0.05) is 10.2 Å². The molecular weight excluding hydrogens is 410 g/mol. The van der Waals surface area contributed by atoms with Gasteiger partial charge in [0.05, 0.1) is 16.3 Å². The normalized spacial score (nSPS) is 11.3. The number of nitrogen functional groups attached to an aromatic ring is 1. The number of rotatable bonds is 3. The molecule has 0 unspecified atom stereocenters. The van der Waals surface area contributed by atoms with Crippen molar-refractivity contribution in [2.24, 2.45) is 0 Å². The van der Waals surface area contributed by atoms with Gasteiger partial charge in [0.25, 0.3) is 10.0 Å². The Kier molecular flexibility index (Phi) is 4.36. The number of aryl methyl sites for hydroxylation is 1. The van der Waals surface area contributed by atoms with Crippen LogP contribution in [0.4, 0.5) is 11.4 Å². The second-order valence-corrected chi connectivity index (χ2v) is 7.40. The molecule has 0 spiro atoms. The van der Waals surface area contributed by atoms with Crippen LogP contribution in [0.2, 0.25) is 0 Å². The first kappa shape index (κ1) is 15.3. The fourth-order valence-corrected chi connectivity index (χ4v) is 3.59. The van der Waals surface area contributed by atoms with Gasteiger partial charge < -0.3 is 5.73 Å². The van der Waals surface area contributed by atoms with Crippen LogP contribution in [-0.4, -0.2) is 13.4 Å². The fraction of sp³-hybridized carbons (Fsp3) is 0.0833. The Morgan fingerprint density at radius 3 is 2.50 bits per heavy atom. The van der Waals surface area contributed by atoms with Crippen LogP contribution in [0.25, 0.3) is 0 Å². The number of hydrogen-bond donors (Lipinski definition) is 2. The van der Waals surface area contributed by atoms with Gasteiger partial charge in [0.15, 0.2) is 0 Å². The number of sulfonamides is 1. The zero-order chi connectivity index (χ0) is 14.9. The third kappa shape index (κ3) is 3.31. The van der Waals surface area contributed by atoms with Gasteiger partial charge in [-0.1, -0.05) is 0 Å². The molecule has 20 heavy (non-hydrogen) atoms. The van der Waals surface area contributed by atoms with Crippen LogP contribution in [-0.2, 0) is 10.0 Å². The molecule has 2 aromatic rings. The Morgan fingerprint density at radius 1 is 1.20 bits per heavy atom. The summed E-state index contributed by atoms with van der Waals surface area (Å²) in [5.74, 6) is 0. The van der Waals surface area contributed by atoms with Crippen molar-refractivity contribution in [3.63, 3.8) is 0 Å². The van der Waals surface area contributed by atoms with E-state index >= 15 is 0 Å². The molecule has 0 amide bonds. The predicted molar refractivity (Wildman–Crippen MR) is 86.0 cm³/mol. The van der Waals surface area contributed by atoms with Crippen LogP contribution in [0, 0.1) is 6.92 Å². The Morgan fingerprint density at radius 2 is 1.90 bits per heavy atom. The maximum absolute atomic E-state index is 12.3. The molecule has 0 aliphatic heterocycles. The molecule has 0 saturated carbocycles. The quantitative estimate of drug-likeness (QED) is 0.589. The van der Waals surface area contributed by atoms with Crippen molar-refractivity contribution in [3.8, 4) is 0 Å². The van der Waals surface area contributed by atoms with Crippen LogP contribution in [0.5, 0.6) is 0 Å². The van der Waals surface area contributed by atoms with Crippen LogP contribution in [0.3, 0.4) is 0 Å². The summed E-state index contributed by atoms with van der Waals surface area (Å²) in [6.45, 7) is 1.72. The smallest absolute Gasteiger partial charge is 0.261 e. The Balaban J connectivity index is 2.38. The highest BCUT2D eigenvalue weighted by Crippen LogP contribution is 2.25. The van der Waals surface area contributed by atoms with E-state index in [4.69, 9.17) is 5.73 Å². The first-order chi connectivity index (χ1) is 9.29. The highest BCUT2D eigenvalue weighted by atomic mass is 79.9. The molecule has 106 valence electrons. The van der Waals surface area contributed by atoms with Crippen molar-refractivity contribution in [1.29, 1.82) is 0 Å². The number of anilines is 2. The van der Waals surface area contributed by atoms with E-state index < -0.39 is 10.0 Å². The molecule has 5 nitrogen and oxygen atoms in total. The zero-order valence-corrected chi connectivity index (χ0v) is 14.4. The van der Waals surface area contributed by atoms with Gasteiger partial charge >= 0.3 is 0 Å². The SMILES string of the molecule is Cc1nc(Br)ccc1NS(=O)(=O)c1ccc(N)c(Br)c1. The molecule has 1 heterocycles. The van der Waals surface area contributed by atoms with E-state index in [0.717, 1.165) is 0 Å². The minimum absolute atomic E-state index is 0.126. The first-order valence-electron chi connectivity index (χ1n) is 5.50. The van der Waals surface area contributed by atoms with E-state index in [2.05, 4.69) is 41.6 Å². The van der Waals surface area contributed by atoms with Gasteiger partial charge in [-0.05, 0) is 69.1 Å². The molecule has 0 aliphatic rings. The molecule has 0 atom stereocenters. The molecule has 0 bridgehead atoms. The minimum Gasteiger partial charge on any atom is -0.398 e. The first-order valence-corrected chi connectivity index (χ1v) is 8.57. The van der Waals surface area contributed by atoms with Crippen molar-refractivity contribution in [2.75, 3.05) is 10.5 Å². The molecule has 0 fully saturated rings. The van der Waals surface area contributed by atoms with Crippen LogP contribution in [0.15, 0.2) is 44.3 Å². The van der Waals surface area contributed by atoms with Gasteiger partial charge in [0.1, 0.15) is 4.60 Å². The lowest BCUT2D eigenvalue weighted by Gasteiger charge is -2.11. The Hall–Kier alpha value is -1.12. The molecule has 2 rings (SSSR count). The molecule has 3 N–H and O–H groups in total. The van der Waals surface area contributed by atoms with Crippen LogP contribution < -0.4 is 10.5 Å². The van der Waals surface area contributed by atoms with E-state index in [1.165, 1.54) is 18.2 Å². The number of nitrogens with zero attached hydrogens (tertiary/aromatic N) is 1. The van der Waals surface area contributed by atoms with Gasteiger partial charge in [-0.2, -0.15) is 0 Å². The average molecular weight is 421 g/mol. The van der Waals surface area contributed by atoms with Gasteiger partial charge in [-0.15, -0.1) is 0 Å². The van der Waals surface area contributed by atoms with E-state index in [9.17, 15) is 8.42 Å². The summed E-state index contributed by atoms with van der Waals surface area (Å²) < 4.78 is 28.3. The number of nitrogens with one attached hydrogen (secondary N) is 1. The van der Waals surface area contributed by atoms with Crippen LogP contribution >= 0.6 is 31.9 Å². The standard InChI is InChI=1S/C12H11Br2N3O2S/c1-7-11(4-5-12(14)16-7)17-20(18,19)8-2-3-10(15)9(13)6-8/h2-6,17H,15H2,1H3. The summed E-state index contributed by atoms with van der Waals surface area (Å²) in [4.78, 5) is 4.27. The summed E-state index contributed by atoms with van der Waals surface area (Å²) in [7, 11) is -3.68. The summed E-state index contributed by atoms with van der Waals surface area (Å²) in [5.41, 5.74) is 7.14. The number of halogens is 2. The van der Waals surface area contributed by atoms with Gasteiger partial charge in [0.2, 0.25) is 0 Å². The van der Waals surface area contributed by atoms with Crippen molar-refractivity contribution in [1.82, 2.24) is 4.98 Å². The number of hydrogen-bond acceptors (Lipinski definition) is 4. The molecular formula is C12H11Br2N3O2S. The predicted octanol–water partition coefficient (Wildman–Crippen LogP) is 3.30. The van der Waals surface area contributed by atoms with E-state index in [1.54, 1.807) is 19.1 Å². The molecule has 0 saturated heterocycles. The largest absolute Gasteiger partial charge is 0.398 e. The summed E-state index contributed by atoms with van der Waals surface area (Å²) in [6.07, 6.45) is 0. The monoisotopic (exact) mass is 419 g/mol. The lowest BCUT2D eigenvalue weighted by atomic mass is 10.3. The van der Waals surface area contributed by atoms with E-state index in [0.29, 0.717) is 26.1 Å². The number of aromatic nitrogens is 1. The third-order valence-corrected chi connectivity index (χ3v) is 5.07. The minimum atomic E-state index is -3.68. The lowest BCUT2D eigenvalue weighted by Crippen LogP contribution is -2.14. The Labute approximate surface area is 133 Å². The maximum atomic E-state index is 12.3. The van der Waals surface area contributed by atoms with Crippen molar-refractivity contribution < 1.29 is 8.42 Å². The average Bonchev–Trinajstić information content (AvgIpc) is 2.36. The number of pyridine rings is 1. The maximum Gasteiger partial charge on any atom is 0.261 e. The highest BCUT2D eigenvalue weighted by Gasteiger charge is 2.16. The fourth-order valence-electron chi connectivity index (χ4n) is 1.52. The van der Waals surface area contributed by atoms with E-state index in [1.807, 2.05) is 0 Å². The van der Waals surface area contributed by atoms with Crippen molar-refractivity contribution in [2.45, 2.75) is 11.8 Å². The molecule has 8 heteroatoms. The topological polar surface area (TPSA) is 85.1 Å². The van der Waals surface area contributed by atoms with E-state index in [-0.39, 0.29) is 4.90 Å². The van der Waals surface area contributed by atoms with Crippen LogP contribution in [0.1, 0.15) is 5.69 Å². The summed E-state index contributed by atoms with van der Waals surface area (Å²) in [5, 5.41) is 0. The van der Waals surface area contributed by atoms with Crippen molar-refractivity contribution >= 4 is 53.3 Å². The Bertz CT molecular complexity index is 763. The second kappa shape index (κ2) is 5.71. The van der Waals surface area contributed by atoms with Gasteiger partial charge in [-0.25, -0.2) is 13.4 Å². The number of nitrogens with two attached hydrogens (primary N) is 1.